The molecule has 0 spiro atoms. The molecule has 4 rings (SSSR count). The Labute approximate surface area is 188 Å². The highest BCUT2D eigenvalue weighted by Crippen LogP contribution is 2.32. The third-order valence-corrected chi connectivity index (χ3v) is 7.76. The molecule has 0 radical (unpaired) electrons. The smallest absolute Gasteiger partial charge is 0.416 e. The number of ether oxygens (including phenoxy) is 1. The summed E-state index contributed by atoms with van der Waals surface area (Å²) in [5.41, 5.74) is -0.182. The lowest BCUT2D eigenvalue weighted by molar-refractivity contribution is -0.138. The van der Waals surface area contributed by atoms with E-state index in [2.05, 4.69) is 0 Å². The van der Waals surface area contributed by atoms with Gasteiger partial charge in [-0.2, -0.15) is 17.5 Å². The lowest BCUT2D eigenvalue weighted by atomic mass is 9.95. The summed E-state index contributed by atoms with van der Waals surface area (Å²) in [6.07, 6.45) is -4.17. The average Bonchev–Trinajstić information content (AvgIpc) is 2.77. The fourth-order valence-corrected chi connectivity index (χ4v) is 5.57. The van der Waals surface area contributed by atoms with E-state index in [1.165, 1.54) is 0 Å². The fourth-order valence-electron chi connectivity index (χ4n) is 3.91. The van der Waals surface area contributed by atoms with Gasteiger partial charge in [0, 0.05) is 31.2 Å². The highest BCUT2D eigenvalue weighted by atomic mass is 35.5. The topological polar surface area (TPSA) is 66.9 Å². The summed E-state index contributed by atoms with van der Waals surface area (Å²) in [5, 5.41) is 0.550. The highest BCUT2D eigenvalue weighted by Gasteiger charge is 2.36. The maximum absolute atomic E-state index is 13.0. The van der Waals surface area contributed by atoms with Crippen molar-refractivity contribution in [2.75, 3.05) is 32.8 Å². The molecule has 2 aliphatic rings. The maximum Gasteiger partial charge on any atom is 0.416 e. The van der Waals surface area contributed by atoms with Crippen LogP contribution >= 0.6 is 11.6 Å². The third-order valence-electron chi connectivity index (χ3n) is 5.63. The lowest BCUT2D eigenvalue weighted by Crippen LogP contribution is -2.52. The monoisotopic (exact) mass is 488 g/mol. The van der Waals surface area contributed by atoms with E-state index >= 15 is 0 Å². The second-order valence-electron chi connectivity index (χ2n) is 7.72. The quantitative estimate of drug-likeness (QED) is 0.664. The van der Waals surface area contributed by atoms with Crippen molar-refractivity contribution in [2.45, 2.75) is 17.5 Å². The Morgan fingerprint density at radius 3 is 2.47 bits per heavy atom. The molecule has 2 aliphatic heterocycles. The first-order valence-electron chi connectivity index (χ1n) is 9.93. The van der Waals surface area contributed by atoms with Crippen LogP contribution in [-0.4, -0.2) is 56.3 Å². The molecule has 32 heavy (non-hydrogen) atoms. The first kappa shape index (κ1) is 22.9. The molecule has 172 valence electrons. The zero-order chi connectivity index (χ0) is 23.1. The van der Waals surface area contributed by atoms with Gasteiger partial charge in [-0.1, -0.05) is 17.7 Å². The van der Waals surface area contributed by atoms with Crippen LogP contribution in [0.3, 0.4) is 0 Å². The summed E-state index contributed by atoms with van der Waals surface area (Å²) in [4.78, 5) is 14.1. The molecule has 0 aromatic heterocycles. The first-order valence-corrected chi connectivity index (χ1v) is 11.7. The number of halogens is 4. The van der Waals surface area contributed by atoms with Crippen LogP contribution in [0.4, 0.5) is 13.2 Å². The summed E-state index contributed by atoms with van der Waals surface area (Å²) in [6.45, 7) is 0.517. The number of nitrogens with zero attached hydrogens (tertiary/aromatic N) is 2. The van der Waals surface area contributed by atoms with Crippen molar-refractivity contribution in [3.63, 3.8) is 0 Å². The van der Waals surface area contributed by atoms with Crippen molar-refractivity contribution in [3.05, 3.63) is 58.6 Å². The summed E-state index contributed by atoms with van der Waals surface area (Å²) < 4.78 is 71.3. The van der Waals surface area contributed by atoms with Crippen LogP contribution < -0.4 is 4.74 Å². The predicted molar refractivity (Wildman–Crippen MR) is 111 cm³/mol. The Morgan fingerprint density at radius 1 is 1.06 bits per heavy atom. The second kappa shape index (κ2) is 8.57. The van der Waals surface area contributed by atoms with Crippen molar-refractivity contribution in [3.8, 4) is 5.75 Å². The van der Waals surface area contributed by atoms with Gasteiger partial charge in [-0.05, 0) is 48.4 Å². The Bertz CT molecular complexity index is 1130. The number of benzene rings is 2. The van der Waals surface area contributed by atoms with Crippen molar-refractivity contribution >= 4 is 27.5 Å². The van der Waals surface area contributed by atoms with Gasteiger partial charge in [0.15, 0.2) is 0 Å². The molecule has 0 saturated carbocycles. The van der Waals surface area contributed by atoms with Crippen molar-refractivity contribution in [1.82, 2.24) is 9.21 Å². The van der Waals surface area contributed by atoms with E-state index in [4.69, 9.17) is 16.3 Å². The van der Waals surface area contributed by atoms with Gasteiger partial charge in [-0.15, -0.1) is 0 Å². The third kappa shape index (κ3) is 4.57. The molecule has 2 heterocycles. The number of amides is 1. The van der Waals surface area contributed by atoms with Crippen molar-refractivity contribution < 1.29 is 31.1 Å². The molecule has 2 aromatic rings. The summed E-state index contributed by atoms with van der Waals surface area (Å²) in [7, 11) is -4.11. The van der Waals surface area contributed by atoms with Crippen LogP contribution in [0.5, 0.6) is 5.75 Å². The van der Waals surface area contributed by atoms with Crippen LogP contribution in [0.15, 0.2) is 47.4 Å². The molecule has 6 nitrogen and oxygen atoms in total. The molecule has 1 unspecified atom stereocenters. The van der Waals surface area contributed by atoms with Gasteiger partial charge in [-0.25, -0.2) is 8.42 Å². The van der Waals surface area contributed by atoms with Crippen LogP contribution in [0.1, 0.15) is 11.1 Å². The molecular weight excluding hydrogens is 469 g/mol. The van der Waals surface area contributed by atoms with E-state index in [1.807, 2.05) is 0 Å². The van der Waals surface area contributed by atoms with E-state index in [-0.39, 0.29) is 38.7 Å². The SMILES string of the molecule is O=C(C1COc2ccc(Cl)cc2C1)N1CCN(S(=O)(=O)c2cccc(C(F)(F)F)c2)CC1. The molecule has 1 fully saturated rings. The number of hydrogen-bond donors (Lipinski definition) is 0. The Hall–Kier alpha value is -2.30. The molecule has 1 saturated heterocycles. The number of carbonyl (C=O) groups excluding carboxylic acids is 1. The van der Waals surface area contributed by atoms with Gasteiger partial charge < -0.3 is 9.64 Å². The minimum atomic E-state index is -4.64. The van der Waals surface area contributed by atoms with Crippen LogP contribution in [0.25, 0.3) is 0 Å². The van der Waals surface area contributed by atoms with Gasteiger partial charge in [0.1, 0.15) is 12.4 Å². The minimum Gasteiger partial charge on any atom is -0.492 e. The lowest BCUT2D eigenvalue weighted by Gasteiger charge is -2.36. The minimum absolute atomic E-state index is 0.000309. The van der Waals surface area contributed by atoms with E-state index in [9.17, 15) is 26.4 Å². The van der Waals surface area contributed by atoms with Gasteiger partial charge in [0.25, 0.3) is 0 Å². The molecular formula is C21H20ClF3N2O4S. The van der Waals surface area contributed by atoms with Crippen molar-refractivity contribution in [2.24, 2.45) is 5.92 Å². The fraction of sp³-hybridized carbons (Fsp3) is 0.381. The van der Waals surface area contributed by atoms with Gasteiger partial charge in [0.2, 0.25) is 15.9 Å². The number of piperazine rings is 1. The maximum atomic E-state index is 13.0. The zero-order valence-electron chi connectivity index (χ0n) is 16.8. The summed E-state index contributed by atoms with van der Waals surface area (Å²) in [6, 6.07) is 8.91. The predicted octanol–water partition coefficient (Wildman–Crippen LogP) is 3.44. The summed E-state index contributed by atoms with van der Waals surface area (Å²) >= 11 is 6.02. The number of fused-ring (bicyclic) bond motifs is 1. The van der Waals surface area contributed by atoms with E-state index in [0.717, 1.165) is 28.1 Å². The van der Waals surface area contributed by atoms with Gasteiger partial charge >= 0.3 is 6.18 Å². The highest BCUT2D eigenvalue weighted by molar-refractivity contribution is 7.89. The van der Waals surface area contributed by atoms with Gasteiger partial charge in [0.05, 0.1) is 16.4 Å². The Balaban J connectivity index is 1.41. The molecule has 0 bridgehead atoms. The standard InChI is InChI=1S/C21H20ClF3N2O4S/c22-17-4-5-19-14(11-17)10-15(13-31-19)20(28)26-6-8-27(9-7-26)32(29,30)18-3-1-2-16(12-18)21(23,24)25/h1-5,11-12,15H,6-10,13H2. The van der Waals surface area contributed by atoms with Crippen LogP contribution in [0, 0.1) is 5.92 Å². The number of hydrogen-bond acceptors (Lipinski definition) is 4. The van der Waals surface area contributed by atoms with E-state index in [0.29, 0.717) is 23.3 Å². The van der Waals surface area contributed by atoms with Crippen LogP contribution in [0.2, 0.25) is 5.02 Å². The molecule has 11 heteroatoms. The van der Waals surface area contributed by atoms with Crippen LogP contribution in [-0.2, 0) is 27.4 Å². The molecule has 0 N–H and O–H groups in total. The number of rotatable bonds is 3. The van der Waals surface area contributed by atoms with Crippen molar-refractivity contribution in [1.29, 1.82) is 0 Å². The summed E-state index contributed by atoms with van der Waals surface area (Å²) in [5.74, 6) is 0.134. The molecule has 2 aromatic carbocycles. The number of alkyl halides is 3. The van der Waals surface area contributed by atoms with E-state index in [1.54, 1.807) is 23.1 Å². The molecule has 1 amide bonds. The van der Waals surface area contributed by atoms with Gasteiger partial charge in [-0.3, -0.25) is 4.79 Å². The van der Waals surface area contributed by atoms with E-state index < -0.39 is 32.6 Å². The molecule has 0 aliphatic carbocycles. The largest absolute Gasteiger partial charge is 0.492 e. The average molecular weight is 489 g/mol. The number of carbonyl (C=O) groups is 1. The second-order valence-corrected chi connectivity index (χ2v) is 10.1. The molecule has 1 atom stereocenters. The Kier molecular flexibility index (Phi) is 6.12. The zero-order valence-corrected chi connectivity index (χ0v) is 18.4. The first-order chi connectivity index (χ1) is 15.1. The Morgan fingerprint density at radius 2 is 1.78 bits per heavy atom. The normalized spacial score (nSPS) is 19.9. The number of sulfonamides is 1.